The monoisotopic (exact) mass is 393 g/mol. The maximum Gasteiger partial charge on any atom is 0.322 e. The largest absolute Gasteiger partial charge is 0.497 e. The summed E-state index contributed by atoms with van der Waals surface area (Å²) >= 11 is 0. The van der Waals surface area contributed by atoms with Gasteiger partial charge in [0, 0.05) is 31.7 Å². The predicted molar refractivity (Wildman–Crippen MR) is 111 cm³/mol. The zero-order chi connectivity index (χ0) is 20.4. The molecular weight excluding hydrogens is 370 g/mol. The molecule has 1 saturated heterocycles. The standard InChI is InChI=1S/C22H23N3O4/c1-28-18-6-3-15(4-7-18)17-9-11-24(14-17)21(26)16-5-8-20(29-2)19(13-16)25-12-10-23-22(25)27/h3-9,13H,10-12,14H2,1-2H3,(H,23,27). The van der Waals surface area contributed by atoms with Crippen molar-refractivity contribution in [2.45, 2.75) is 0 Å². The minimum absolute atomic E-state index is 0.0757. The van der Waals surface area contributed by atoms with E-state index in [4.69, 9.17) is 9.47 Å². The number of anilines is 1. The molecule has 2 aliphatic heterocycles. The molecule has 0 saturated carbocycles. The zero-order valence-electron chi connectivity index (χ0n) is 16.5. The van der Waals surface area contributed by atoms with E-state index in [0.717, 1.165) is 16.9 Å². The summed E-state index contributed by atoms with van der Waals surface area (Å²) in [5.74, 6) is 1.29. The van der Waals surface area contributed by atoms with Gasteiger partial charge in [0.2, 0.25) is 0 Å². The third-order valence-corrected chi connectivity index (χ3v) is 5.24. The van der Waals surface area contributed by atoms with E-state index in [-0.39, 0.29) is 11.9 Å². The molecule has 7 nitrogen and oxygen atoms in total. The maximum atomic E-state index is 13.1. The summed E-state index contributed by atoms with van der Waals surface area (Å²) in [7, 11) is 3.19. The van der Waals surface area contributed by atoms with Crippen LogP contribution in [0.4, 0.5) is 10.5 Å². The summed E-state index contributed by atoms with van der Waals surface area (Å²) < 4.78 is 10.6. The van der Waals surface area contributed by atoms with Crippen LogP contribution in [-0.4, -0.2) is 57.2 Å². The van der Waals surface area contributed by atoms with Gasteiger partial charge in [-0.3, -0.25) is 9.69 Å². The third-order valence-electron chi connectivity index (χ3n) is 5.24. The molecule has 2 aromatic rings. The van der Waals surface area contributed by atoms with Gasteiger partial charge in [0.1, 0.15) is 11.5 Å². The number of ether oxygens (including phenoxy) is 2. The quantitative estimate of drug-likeness (QED) is 0.848. The summed E-state index contributed by atoms with van der Waals surface area (Å²) in [5, 5.41) is 2.77. The van der Waals surface area contributed by atoms with Crippen LogP contribution in [0.1, 0.15) is 15.9 Å². The Hall–Kier alpha value is -3.48. The van der Waals surface area contributed by atoms with Gasteiger partial charge in [0.05, 0.1) is 19.9 Å². The lowest BCUT2D eigenvalue weighted by Gasteiger charge is -2.21. The zero-order valence-corrected chi connectivity index (χ0v) is 16.5. The first-order valence-corrected chi connectivity index (χ1v) is 9.47. The summed E-state index contributed by atoms with van der Waals surface area (Å²) in [4.78, 5) is 28.5. The average Bonchev–Trinajstić information content (AvgIpc) is 3.42. The molecular formula is C22H23N3O4. The van der Waals surface area contributed by atoms with Crippen molar-refractivity contribution in [2.75, 3.05) is 45.3 Å². The van der Waals surface area contributed by atoms with E-state index in [1.807, 2.05) is 24.3 Å². The molecule has 2 heterocycles. The van der Waals surface area contributed by atoms with Crippen LogP contribution in [0.3, 0.4) is 0 Å². The van der Waals surface area contributed by atoms with E-state index < -0.39 is 0 Å². The minimum Gasteiger partial charge on any atom is -0.497 e. The Morgan fingerprint density at radius 3 is 2.52 bits per heavy atom. The molecule has 4 rings (SSSR count). The number of hydrogen-bond acceptors (Lipinski definition) is 4. The molecule has 2 aromatic carbocycles. The normalized spacial score (nSPS) is 15.9. The Bertz CT molecular complexity index is 969. The van der Waals surface area contributed by atoms with Gasteiger partial charge >= 0.3 is 6.03 Å². The first-order chi connectivity index (χ1) is 14.1. The predicted octanol–water partition coefficient (Wildman–Crippen LogP) is 2.77. The van der Waals surface area contributed by atoms with Crippen molar-refractivity contribution in [2.24, 2.45) is 0 Å². The van der Waals surface area contributed by atoms with Crippen LogP contribution in [0.5, 0.6) is 11.5 Å². The van der Waals surface area contributed by atoms with Crippen molar-refractivity contribution in [3.63, 3.8) is 0 Å². The number of carbonyl (C=O) groups excluding carboxylic acids is 2. The second-order valence-electron chi connectivity index (χ2n) is 6.91. The van der Waals surface area contributed by atoms with Crippen molar-refractivity contribution in [3.05, 3.63) is 59.7 Å². The first-order valence-electron chi connectivity index (χ1n) is 9.47. The maximum absolute atomic E-state index is 13.1. The summed E-state index contributed by atoms with van der Waals surface area (Å²) in [6.07, 6.45) is 2.07. The van der Waals surface area contributed by atoms with Gasteiger partial charge < -0.3 is 19.7 Å². The number of rotatable bonds is 5. The minimum atomic E-state index is -0.183. The number of amides is 3. The molecule has 1 fully saturated rings. The summed E-state index contributed by atoms with van der Waals surface area (Å²) in [6.45, 7) is 2.20. The van der Waals surface area contributed by atoms with Crippen LogP contribution in [0, 0.1) is 0 Å². The molecule has 3 amide bonds. The molecule has 1 N–H and O–H groups in total. The fourth-order valence-corrected chi connectivity index (χ4v) is 3.64. The van der Waals surface area contributed by atoms with Gasteiger partial charge in [-0.15, -0.1) is 0 Å². The molecule has 29 heavy (non-hydrogen) atoms. The van der Waals surface area contributed by atoms with E-state index in [1.54, 1.807) is 42.2 Å². The van der Waals surface area contributed by atoms with Crippen LogP contribution >= 0.6 is 0 Å². The highest BCUT2D eigenvalue weighted by Gasteiger charge is 2.27. The van der Waals surface area contributed by atoms with Crippen molar-refractivity contribution in [1.29, 1.82) is 0 Å². The van der Waals surface area contributed by atoms with Gasteiger partial charge in [-0.25, -0.2) is 4.79 Å². The van der Waals surface area contributed by atoms with E-state index in [0.29, 0.717) is 43.2 Å². The molecule has 0 spiro atoms. The lowest BCUT2D eigenvalue weighted by Crippen LogP contribution is -2.30. The van der Waals surface area contributed by atoms with Crippen molar-refractivity contribution in [3.8, 4) is 11.5 Å². The van der Waals surface area contributed by atoms with Gasteiger partial charge in [0.25, 0.3) is 5.91 Å². The Morgan fingerprint density at radius 2 is 1.86 bits per heavy atom. The average molecular weight is 393 g/mol. The molecule has 0 atom stereocenters. The summed E-state index contributed by atoms with van der Waals surface area (Å²) in [5.41, 5.74) is 3.32. The number of benzene rings is 2. The molecule has 7 heteroatoms. The topological polar surface area (TPSA) is 71.1 Å². The number of nitrogens with zero attached hydrogens (tertiary/aromatic N) is 2. The summed E-state index contributed by atoms with van der Waals surface area (Å²) in [6, 6.07) is 12.8. The third kappa shape index (κ3) is 3.63. The Balaban J connectivity index is 1.52. The molecule has 2 aliphatic rings. The van der Waals surface area contributed by atoms with E-state index in [2.05, 4.69) is 11.4 Å². The molecule has 0 unspecified atom stereocenters. The highest BCUT2D eigenvalue weighted by atomic mass is 16.5. The van der Waals surface area contributed by atoms with Crippen LogP contribution in [0.15, 0.2) is 48.5 Å². The molecule has 0 radical (unpaired) electrons. The molecule has 0 aliphatic carbocycles. The van der Waals surface area contributed by atoms with Crippen LogP contribution in [-0.2, 0) is 0 Å². The van der Waals surface area contributed by atoms with Crippen molar-refractivity contribution < 1.29 is 19.1 Å². The highest BCUT2D eigenvalue weighted by molar-refractivity contribution is 6.00. The number of methoxy groups -OCH3 is 2. The highest BCUT2D eigenvalue weighted by Crippen LogP contribution is 2.32. The van der Waals surface area contributed by atoms with Gasteiger partial charge in [-0.2, -0.15) is 0 Å². The molecule has 0 bridgehead atoms. The Morgan fingerprint density at radius 1 is 1.07 bits per heavy atom. The fourth-order valence-electron chi connectivity index (χ4n) is 3.64. The van der Waals surface area contributed by atoms with E-state index in [1.165, 1.54) is 0 Å². The number of hydrogen-bond donors (Lipinski definition) is 1. The van der Waals surface area contributed by atoms with Gasteiger partial charge in [0.15, 0.2) is 0 Å². The molecule has 150 valence electrons. The van der Waals surface area contributed by atoms with Gasteiger partial charge in [-0.05, 0) is 41.5 Å². The van der Waals surface area contributed by atoms with Crippen LogP contribution in [0.25, 0.3) is 5.57 Å². The SMILES string of the molecule is COc1ccc(C2=CCN(C(=O)c3ccc(OC)c(N4CCNC4=O)c3)C2)cc1. The Kier molecular flexibility index (Phi) is 5.12. The molecule has 0 aromatic heterocycles. The second kappa shape index (κ2) is 7.87. The van der Waals surface area contributed by atoms with Crippen molar-refractivity contribution >= 4 is 23.2 Å². The number of nitrogens with one attached hydrogen (secondary N) is 1. The van der Waals surface area contributed by atoms with Crippen LogP contribution in [0.2, 0.25) is 0 Å². The smallest absolute Gasteiger partial charge is 0.322 e. The first kappa shape index (κ1) is 18.9. The van der Waals surface area contributed by atoms with Gasteiger partial charge in [-0.1, -0.05) is 18.2 Å². The Labute approximate surface area is 169 Å². The van der Waals surface area contributed by atoms with Crippen LogP contribution < -0.4 is 19.7 Å². The lowest BCUT2D eigenvalue weighted by atomic mass is 10.1. The fraction of sp³-hybridized carbons (Fsp3) is 0.273. The van der Waals surface area contributed by atoms with Crippen molar-refractivity contribution in [1.82, 2.24) is 10.2 Å². The lowest BCUT2D eigenvalue weighted by molar-refractivity contribution is 0.0801. The number of urea groups is 1. The van der Waals surface area contributed by atoms with E-state index >= 15 is 0 Å². The second-order valence-corrected chi connectivity index (χ2v) is 6.91. The number of carbonyl (C=O) groups is 2. The van der Waals surface area contributed by atoms with E-state index in [9.17, 15) is 9.59 Å².